The summed E-state index contributed by atoms with van der Waals surface area (Å²) in [5.74, 6) is -0.488. The summed E-state index contributed by atoms with van der Waals surface area (Å²) in [5, 5.41) is 6.11. The third-order valence-corrected chi connectivity index (χ3v) is 3.15. The van der Waals surface area contributed by atoms with Crippen molar-refractivity contribution in [2.75, 3.05) is 6.61 Å². The number of para-hydroxylation sites is 1. The second kappa shape index (κ2) is 6.43. The molecule has 1 aromatic rings. The first kappa shape index (κ1) is 15.8. The molecule has 2 N–H and O–H groups in total. The average Bonchev–Trinajstić information content (AvgIpc) is 3.18. The van der Waals surface area contributed by atoms with Gasteiger partial charge in [-0.25, -0.2) is 4.39 Å². The third-order valence-electron chi connectivity index (χ3n) is 3.15. The van der Waals surface area contributed by atoms with Gasteiger partial charge in [-0.2, -0.15) is 0 Å². The van der Waals surface area contributed by atoms with Gasteiger partial charge in [0.1, 0.15) is 0 Å². The molecule has 0 atom stereocenters. The molecule has 0 spiro atoms. The third kappa shape index (κ3) is 5.34. The van der Waals surface area contributed by atoms with E-state index in [1.54, 1.807) is 12.1 Å². The molecule has 116 valence electrons. The van der Waals surface area contributed by atoms with Crippen LogP contribution in [-0.2, 0) is 11.3 Å². The minimum atomic E-state index is -0.442. The molecule has 1 saturated carbocycles. The molecule has 4 nitrogen and oxygen atoms in total. The first-order valence-electron chi connectivity index (χ1n) is 7.30. The van der Waals surface area contributed by atoms with E-state index in [4.69, 9.17) is 4.74 Å². The summed E-state index contributed by atoms with van der Waals surface area (Å²) >= 11 is 0. The highest BCUT2D eigenvalue weighted by molar-refractivity contribution is 5.78. The fraction of sp³-hybridized carbons (Fsp3) is 0.562. The molecule has 0 aromatic heterocycles. The lowest BCUT2D eigenvalue weighted by Crippen LogP contribution is -2.35. The molecule has 0 radical (unpaired) electrons. The lowest BCUT2D eigenvalue weighted by atomic mass is 10.1. The molecule has 0 aliphatic heterocycles. The van der Waals surface area contributed by atoms with E-state index in [1.165, 1.54) is 6.07 Å². The number of benzene rings is 1. The maximum atomic E-state index is 13.9. The van der Waals surface area contributed by atoms with Crippen LogP contribution in [-0.4, -0.2) is 24.1 Å². The average molecular weight is 294 g/mol. The number of carbonyl (C=O) groups is 1. The van der Waals surface area contributed by atoms with E-state index in [1.807, 2.05) is 20.8 Å². The number of hydrogen-bond acceptors (Lipinski definition) is 3. The van der Waals surface area contributed by atoms with Gasteiger partial charge in [-0.05, 0) is 39.7 Å². The molecule has 2 rings (SSSR count). The summed E-state index contributed by atoms with van der Waals surface area (Å²) in [5.41, 5.74) is 0.636. The molecule has 0 saturated heterocycles. The molecule has 1 aliphatic rings. The Morgan fingerprint density at radius 2 is 2.10 bits per heavy atom. The van der Waals surface area contributed by atoms with Crippen LogP contribution in [0, 0.1) is 5.82 Å². The summed E-state index contributed by atoms with van der Waals surface area (Å²) in [6.07, 6.45) is 2.04. The van der Waals surface area contributed by atoms with Crippen molar-refractivity contribution in [1.29, 1.82) is 0 Å². The zero-order valence-electron chi connectivity index (χ0n) is 12.8. The molecular weight excluding hydrogens is 271 g/mol. The van der Waals surface area contributed by atoms with Crippen molar-refractivity contribution in [3.8, 4) is 5.75 Å². The summed E-state index contributed by atoms with van der Waals surface area (Å²) in [7, 11) is 0. The van der Waals surface area contributed by atoms with E-state index < -0.39 is 5.82 Å². The lowest BCUT2D eigenvalue weighted by Gasteiger charge is -2.21. The molecule has 1 fully saturated rings. The highest BCUT2D eigenvalue weighted by Crippen LogP contribution is 2.23. The van der Waals surface area contributed by atoms with Gasteiger partial charge in [0.25, 0.3) is 5.91 Å². The Labute approximate surface area is 125 Å². The van der Waals surface area contributed by atoms with E-state index in [-0.39, 0.29) is 29.8 Å². The molecule has 5 heteroatoms. The molecule has 21 heavy (non-hydrogen) atoms. The summed E-state index contributed by atoms with van der Waals surface area (Å²) in [4.78, 5) is 11.6. The van der Waals surface area contributed by atoms with Gasteiger partial charge in [0, 0.05) is 23.7 Å². The van der Waals surface area contributed by atoms with Gasteiger partial charge in [0.05, 0.1) is 0 Å². The van der Waals surface area contributed by atoms with Crippen LogP contribution in [0.4, 0.5) is 4.39 Å². The predicted octanol–water partition coefficient (Wildman–Crippen LogP) is 2.37. The number of ether oxygens (including phenoxy) is 1. The Kier molecular flexibility index (Phi) is 4.83. The highest BCUT2D eigenvalue weighted by Gasteiger charge is 2.23. The van der Waals surface area contributed by atoms with E-state index in [0.29, 0.717) is 12.1 Å². The smallest absolute Gasteiger partial charge is 0.258 e. The van der Waals surface area contributed by atoms with Crippen molar-refractivity contribution < 1.29 is 13.9 Å². The maximum absolute atomic E-state index is 13.9. The molecular formula is C16H23FN2O2. The highest BCUT2D eigenvalue weighted by atomic mass is 19.1. The summed E-state index contributed by atoms with van der Waals surface area (Å²) in [6, 6.07) is 5.07. The molecule has 0 bridgehead atoms. The summed E-state index contributed by atoms with van der Waals surface area (Å²) in [6.45, 7) is 6.45. The van der Waals surface area contributed by atoms with Gasteiger partial charge in [0.15, 0.2) is 18.2 Å². The van der Waals surface area contributed by atoms with Gasteiger partial charge in [-0.3, -0.25) is 4.79 Å². The monoisotopic (exact) mass is 294 g/mol. The van der Waals surface area contributed by atoms with Crippen molar-refractivity contribution >= 4 is 5.91 Å². The van der Waals surface area contributed by atoms with Crippen LogP contribution < -0.4 is 15.4 Å². The zero-order valence-corrected chi connectivity index (χ0v) is 12.8. The van der Waals surface area contributed by atoms with E-state index >= 15 is 0 Å². The Bertz CT molecular complexity index is 507. The standard InChI is InChI=1S/C16H23FN2O2/c1-16(2,3)18-9-11-5-4-6-13(17)15(11)21-10-14(20)19-12-7-8-12/h4-6,12,18H,7-10H2,1-3H3,(H,19,20). The predicted molar refractivity (Wildman–Crippen MR) is 79.7 cm³/mol. The molecule has 1 aliphatic carbocycles. The van der Waals surface area contributed by atoms with Gasteiger partial charge < -0.3 is 15.4 Å². The van der Waals surface area contributed by atoms with Gasteiger partial charge in [-0.1, -0.05) is 12.1 Å². The van der Waals surface area contributed by atoms with Gasteiger partial charge in [0.2, 0.25) is 0 Å². The molecule has 0 unspecified atom stereocenters. The number of amides is 1. The van der Waals surface area contributed by atoms with Crippen LogP contribution in [0.25, 0.3) is 0 Å². The van der Waals surface area contributed by atoms with E-state index in [9.17, 15) is 9.18 Å². The molecule has 1 aromatic carbocycles. The number of halogens is 1. The largest absolute Gasteiger partial charge is 0.480 e. The molecule has 0 heterocycles. The van der Waals surface area contributed by atoms with Crippen LogP contribution in [0.3, 0.4) is 0 Å². The maximum Gasteiger partial charge on any atom is 0.258 e. The van der Waals surface area contributed by atoms with Crippen molar-refractivity contribution in [2.24, 2.45) is 0 Å². The number of nitrogens with one attached hydrogen (secondary N) is 2. The number of hydrogen-bond donors (Lipinski definition) is 2. The minimum Gasteiger partial charge on any atom is -0.480 e. The Hall–Kier alpha value is -1.62. The van der Waals surface area contributed by atoms with Crippen molar-refractivity contribution in [2.45, 2.75) is 51.7 Å². The fourth-order valence-electron chi connectivity index (χ4n) is 1.85. The molecule has 1 amide bonds. The van der Waals surface area contributed by atoms with Crippen molar-refractivity contribution in [3.05, 3.63) is 29.6 Å². The van der Waals surface area contributed by atoms with E-state index in [2.05, 4.69) is 10.6 Å². The van der Waals surface area contributed by atoms with Crippen LogP contribution in [0.2, 0.25) is 0 Å². The topological polar surface area (TPSA) is 50.4 Å². The normalized spacial score (nSPS) is 14.9. The van der Waals surface area contributed by atoms with Crippen molar-refractivity contribution in [3.63, 3.8) is 0 Å². The fourth-order valence-corrected chi connectivity index (χ4v) is 1.85. The van der Waals surface area contributed by atoms with Crippen LogP contribution >= 0.6 is 0 Å². The SMILES string of the molecule is CC(C)(C)NCc1cccc(F)c1OCC(=O)NC1CC1. The first-order valence-corrected chi connectivity index (χ1v) is 7.30. The second-order valence-corrected chi connectivity index (χ2v) is 6.46. The summed E-state index contributed by atoms with van der Waals surface area (Å²) < 4.78 is 19.3. The van der Waals surface area contributed by atoms with Gasteiger partial charge in [-0.15, -0.1) is 0 Å². The number of carbonyl (C=O) groups excluding carboxylic acids is 1. The zero-order chi connectivity index (χ0) is 15.5. The van der Waals surface area contributed by atoms with Gasteiger partial charge >= 0.3 is 0 Å². The van der Waals surface area contributed by atoms with Crippen molar-refractivity contribution in [1.82, 2.24) is 10.6 Å². The number of rotatable bonds is 6. The first-order chi connectivity index (χ1) is 9.85. The Morgan fingerprint density at radius 1 is 1.38 bits per heavy atom. The van der Waals surface area contributed by atoms with Crippen LogP contribution in [0.5, 0.6) is 5.75 Å². The minimum absolute atomic E-state index is 0.0765. The second-order valence-electron chi connectivity index (χ2n) is 6.46. The quantitative estimate of drug-likeness (QED) is 0.847. The van der Waals surface area contributed by atoms with Crippen LogP contribution in [0.15, 0.2) is 18.2 Å². The Morgan fingerprint density at radius 3 is 2.71 bits per heavy atom. The lowest BCUT2D eigenvalue weighted by molar-refractivity contribution is -0.123. The van der Waals surface area contributed by atoms with E-state index in [0.717, 1.165) is 12.8 Å². The Balaban J connectivity index is 1.97. The van der Waals surface area contributed by atoms with Crippen LogP contribution in [0.1, 0.15) is 39.2 Å².